The van der Waals surface area contributed by atoms with Crippen molar-refractivity contribution in [1.82, 2.24) is 15.2 Å². The molecule has 0 saturated carbocycles. The van der Waals surface area contributed by atoms with Gasteiger partial charge in [-0.25, -0.2) is 4.98 Å². The fourth-order valence-electron chi connectivity index (χ4n) is 6.90. The lowest BCUT2D eigenvalue weighted by Gasteiger charge is -2.38. The molecule has 3 unspecified atom stereocenters. The average Bonchev–Trinajstić information content (AvgIpc) is 3.48. The number of amides is 2. The molecule has 7 rings (SSSR count). The summed E-state index contributed by atoms with van der Waals surface area (Å²) in [4.78, 5) is 47.6. The zero-order valence-electron chi connectivity index (χ0n) is 23.9. The van der Waals surface area contributed by atoms with Crippen LogP contribution in [0.2, 0.25) is 0 Å². The Hall–Kier alpha value is -4.18. The van der Waals surface area contributed by atoms with Crippen molar-refractivity contribution in [3.63, 3.8) is 0 Å². The van der Waals surface area contributed by atoms with Gasteiger partial charge in [0.1, 0.15) is 11.2 Å². The molecule has 7 bridgehead atoms. The van der Waals surface area contributed by atoms with Crippen molar-refractivity contribution in [2.75, 3.05) is 51.4 Å². The first-order valence-electron chi connectivity index (χ1n) is 14.9. The highest BCUT2D eigenvalue weighted by molar-refractivity contribution is 6.28. The zero-order chi connectivity index (χ0) is 29.4. The number of carbonyl (C=O) groups is 3. The van der Waals surface area contributed by atoms with E-state index in [0.29, 0.717) is 54.5 Å². The van der Waals surface area contributed by atoms with Gasteiger partial charge in [-0.3, -0.25) is 19.3 Å². The molecular weight excluding hydrogens is 544 g/mol. The number of piperidine rings is 1. The number of aromatic nitrogens is 1. The van der Waals surface area contributed by atoms with Gasteiger partial charge in [0.15, 0.2) is 5.78 Å². The molecule has 1 aliphatic carbocycles. The van der Waals surface area contributed by atoms with Crippen LogP contribution in [-0.2, 0) is 26.1 Å². The van der Waals surface area contributed by atoms with Gasteiger partial charge in [-0.1, -0.05) is 48.6 Å². The van der Waals surface area contributed by atoms with E-state index in [-0.39, 0.29) is 36.0 Å². The van der Waals surface area contributed by atoms with E-state index in [1.165, 1.54) is 5.56 Å². The topological polar surface area (TPSA) is 110 Å². The maximum absolute atomic E-state index is 13.8. The second-order valence-corrected chi connectivity index (χ2v) is 11.8. The Morgan fingerprint density at radius 1 is 0.953 bits per heavy atom. The Labute approximate surface area is 250 Å². The first-order chi connectivity index (χ1) is 21.0. The second kappa shape index (κ2) is 11.5. The molecule has 4 heterocycles. The van der Waals surface area contributed by atoms with E-state index in [9.17, 15) is 14.4 Å². The number of ketones is 1. The molecule has 3 aliphatic heterocycles. The van der Waals surface area contributed by atoms with Gasteiger partial charge in [0.2, 0.25) is 5.91 Å². The highest BCUT2D eigenvalue weighted by Gasteiger charge is 2.57. The fourth-order valence-corrected chi connectivity index (χ4v) is 6.90. The summed E-state index contributed by atoms with van der Waals surface area (Å²) >= 11 is 0. The Bertz CT molecular complexity index is 1610. The van der Waals surface area contributed by atoms with Crippen LogP contribution in [0.25, 0.3) is 6.08 Å². The second-order valence-electron chi connectivity index (χ2n) is 11.8. The SMILES string of the molecule is O=C1NC2CC(c3ccccc3)CN(CCOCCOC/C=C\c3cnc4c(c3)[C@@]3(Cc5cc1ccc5C3=O)C(=O)N4)C2. The van der Waals surface area contributed by atoms with Crippen LogP contribution in [0.3, 0.4) is 0 Å². The Morgan fingerprint density at radius 2 is 1.81 bits per heavy atom. The van der Waals surface area contributed by atoms with Crippen molar-refractivity contribution in [2.24, 2.45) is 0 Å². The first-order valence-corrected chi connectivity index (χ1v) is 14.9. The Morgan fingerprint density at radius 3 is 2.70 bits per heavy atom. The third-order valence-corrected chi connectivity index (χ3v) is 9.02. The van der Waals surface area contributed by atoms with Crippen molar-refractivity contribution in [3.8, 4) is 0 Å². The summed E-state index contributed by atoms with van der Waals surface area (Å²) in [7, 11) is 0. The highest BCUT2D eigenvalue weighted by atomic mass is 16.5. The van der Waals surface area contributed by atoms with Crippen LogP contribution in [-0.4, -0.2) is 79.6 Å². The normalized spacial score (nSPS) is 28.0. The number of nitrogens with zero attached hydrogens (tertiary/aromatic N) is 2. The molecule has 220 valence electrons. The number of rotatable bonds is 1. The lowest BCUT2D eigenvalue weighted by molar-refractivity contribution is -0.119. The lowest BCUT2D eigenvalue weighted by Crippen LogP contribution is -2.51. The number of ether oxygens (including phenoxy) is 2. The summed E-state index contributed by atoms with van der Waals surface area (Å²) in [5, 5.41) is 6.08. The maximum Gasteiger partial charge on any atom is 0.251 e. The van der Waals surface area contributed by atoms with E-state index in [1.807, 2.05) is 24.3 Å². The standard InChI is InChI=1S/C34H34N4O5/c39-30-28-9-8-24-16-25(28)18-34(30)29-15-22(19-35-31(29)37-33(34)41)5-4-11-42-13-14-43-12-10-38-20-26(23-6-2-1-3-7-23)17-27(21-38)36-32(24)40/h1-9,15-16,19,26-27H,10-14,17-18,20-21H2,(H,36,40)(H,35,37,41)/b5-4-/t26?,27?,34-/m1/s1. The summed E-state index contributed by atoms with van der Waals surface area (Å²) in [6.07, 6.45) is 6.45. The van der Waals surface area contributed by atoms with Gasteiger partial charge in [0, 0.05) is 48.6 Å². The Balaban J connectivity index is 1.20. The van der Waals surface area contributed by atoms with E-state index in [1.54, 1.807) is 24.4 Å². The molecule has 9 heteroatoms. The van der Waals surface area contributed by atoms with Gasteiger partial charge in [-0.15, -0.1) is 0 Å². The van der Waals surface area contributed by atoms with Crippen LogP contribution < -0.4 is 10.6 Å². The minimum Gasteiger partial charge on any atom is -0.378 e. The molecule has 0 radical (unpaired) electrons. The van der Waals surface area contributed by atoms with E-state index >= 15 is 0 Å². The number of Topliss-reactive ketones (excluding diaryl/α,β-unsaturated/α-hetero) is 1. The summed E-state index contributed by atoms with van der Waals surface area (Å²) in [6, 6.07) is 17.4. The van der Waals surface area contributed by atoms with Crippen molar-refractivity contribution in [2.45, 2.75) is 30.2 Å². The number of hydrogen-bond acceptors (Lipinski definition) is 7. The van der Waals surface area contributed by atoms with Crippen LogP contribution in [0.15, 0.2) is 66.9 Å². The number of fused-ring (bicyclic) bond motifs is 4. The van der Waals surface area contributed by atoms with Crippen LogP contribution in [0.1, 0.15) is 55.3 Å². The van der Waals surface area contributed by atoms with Gasteiger partial charge >= 0.3 is 0 Å². The van der Waals surface area contributed by atoms with Gasteiger partial charge in [0.25, 0.3) is 5.91 Å². The third-order valence-electron chi connectivity index (χ3n) is 9.02. The number of nitrogens with one attached hydrogen (secondary N) is 2. The van der Waals surface area contributed by atoms with Crippen LogP contribution >= 0.6 is 0 Å². The molecule has 2 amide bonds. The molecule has 4 atom stereocenters. The molecule has 4 aliphatic rings. The molecular formula is C34H34N4O5. The predicted octanol–water partition coefficient (Wildman–Crippen LogP) is 3.36. The maximum atomic E-state index is 13.8. The van der Waals surface area contributed by atoms with E-state index in [4.69, 9.17) is 9.47 Å². The zero-order valence-corrected chi connectivity index (χ0v) is 23.9. The van der Waals surface area contributed by atoms with Crippen molar-refractivity contribution in [1.29, 1.82) is 0 Å². The number of pyridine rings is 1. The van der Waals surface area contributed by atoms with Crippen LogP contribution in [0.5, 0.6) is 0 Å². The lowest BCUT2D eigenvalue weighted by atomic mass is 9.78. The average molecular weight is 579 g/mol. The number of benzene rings is 2. The number of anilines is 1. The molecule has 1 aromatic heterocycles. The van der Waals surface area contributed by atoms with E-state index in [0.717, 1.165) is 31.6 Å². The largest absolute Gasteiger partial charge is 0.378 e. The van der Waals surface area contributed by atoms with Crippen molar-refractivity contribution < 1.29 is 23.9 Å². The first kappa shape index (κ1) is 27.6. The Kier molecular flexibility index (Phi) is 7.38. The summed E-state index contributed by atoms with van der Waals surface area (Å²) in [5.74, 6) is -0.146. The predicted molar refractivity (Wildman–Crippen MR) is 161 cm³/mol. The molecule has 2 aromatic carbocycles. The smallest absolute Gasteiger partial charge is 0.251 e. The number of carbonyl (C=O) groups excluding carboxylic acids is 3. The van der Waals surface area contributed by atoms with E-state index < -0.39 is 5.41 Å². The highest BCUT2D eigenvalue weighted by Crippen LogP contribution is 2.47. The summed E-state index contributed by atoms with van der Waals surface area (Å²) in [5.41, 5.74) is 2.86. The molecule has 9 nitrogen and oxygen atoms in total. The molecule has 1 spiro atoms. The van der Waals surface area contributed by atoms with Crippen molar-refractivity contribution in [3.05, 3.63) is 100 Å². The molecule has 1 saturated heterocycles. The third kappa shape index (κ3) is 5.18. The van der Waals surface area contributed by atoms with Gasteiger partial charge in [0.05, 0.1) is 26.4 Å². The monoisotopic (exact) mass is 578 g/mol. The minimum absolute atomic E-state index is 0.0577. The number of hydrogen-bond donors (Lipinski definition) is 2. The summed E-state index contributed by atoms with van der Waals surface area (Å²) in [6.45, 7) is 4.31. The van der Waals surface area contributed by atoms with Crippen LogP contribution in [0.4, 0.5) is 5.82 Å². The van der Waals surface area contributed by atoms with Gasteiger partial charge < -0.3 is 20.1 Å². The van der Waals surface area contributed by atoms with Gasteiger partial charge in [-0.05, 0) is 53.6 Å². The summed E-state index contributed by atoms with van der Waals surface area (Å²) < 4.78 is 11.6. The van der Waals surface area contributed by atoms with E-state index in [2.05, 4.69) is 44.8 Å². The minimum atomic E-state index is -1.39. The fraction of sp³-hybridized carbons (Fsp3) is 0.353. The van der Waals surface area contributed by atoms with Gasteiger partial charge in [-0.2, -0.15) is 0 Å². The van der Waals surface area contributed by atoms with Crippen molar-refractivity contribution >= 4 is 29.5 Å². The molecule has 3 aromatic rings. The molecule has 43 heavy (non-hydrogen) atoms. The molecule has 2 N–H and O–H groups in total. The quantitative estimate of drug-likeness (QED) is 0.426. The molecule has 1 fully saturated rings. The van der Waals surface area contributed by atoms with Crippen LogP contribution in [0, 0.1) is 0 Å².